The van der Waals surface area contributed by atoms with E-state index in [1.165, 1.54) is 6.07 Å². The molecule has 112 valence electrons. The van der Waals surface area contributed by atoms with Gasteiger partial charge in [-0.25, -0.2) is 4.39 Å². The lowest BCUT2D eigenvalue weighted by molar-refractivity contribution is 0.242. The van der Waals surface area contributed by atoms with Crippen LogP contribution in [0.2, 0.25) is 0 Å². The molecule has 21 heavy (non-hydrogen) atoms. The van der Waals surface area contributed by atoms with Gasteiger partial charge in [0.15, 0.2) is 0 Å². The first kappa shape index (κ1) is 15.2. The van der Waals surface area contributed by atoms with E-state index < -0.39 is 0 Å². The molecule has 0 aromatic heterocycles. The van der Waals surface area contributed by atoms with Crippen molar-refractivity contribution in [2.24, 2.45) is 0 Å². The van der Waals surface area contributed by atoms with Crippen molar-refractivity contribution in [3.8, 4) is 5.75 Å². The van der Waals surface area contributed by atoms with E-state index in [0.717, 1.165) is 5.69 Å². The largest absolute Gasteiger partial charge is 0.491 e. The SMILES string of the molecule is CC(C)Oc1cc(N)cc(NC(C)c2ccccc2F)c1. The van der Waals surface area contributed by atoms with Gasteiger partial charge in [-0.15, -0.1) is 0 Å². The van der Waals surface area contributed by atoms with E-state index in [-0.39, 0.29) is 18.0 Å². The topological polar surface area (TPSA) is 47.3 Å². The van der Waals surface area contributed by atoms with Gasteiger partial charge in [-0.1, -0.05) is 18.2 Å². The highest BCUT2D eigenvalue weighted by Gasteiger charge is 2.11. The average Bonchev–Trinajstić information content (AvgIpc) is 2.37. The molecule has 0 amide bonds. The fourth-order valence-corrected chi connectivity index (χ4v) is 2.20. The van der Waals surface area contributed by atoms with Crippen LogP contribution in [0.4, 0.5) is 15.8 Å². The van der Waals surface area contributed by atoms with Gasteiger partial charge in [0.2, 0.25) is 0 Å². The fraction of sp³-hybridized carbons (Fsp3) is 0.294. The zero-order chi connectivity index (χ0) is 15.4. The molecule has 0 saturated carbocycles. The number of benzene rings is 2. The number of nitrogens with one attached hydrogen (secondary N) is 1. The molecule has 3 nitrogen and oxygen atoms in total. The number of ether oxygens (including phenoxy) is 1. The predicted octanol–water partition coefficient (Wildman–Crippen LogP) is 4.37. The molecule has 4 heteroatoms. The first-order valence-electron chi connectivity index (χ1n) is 7.04. The van der Waals surface area contributed by atoms with Gasteiger partial charge in [0.25, 0.3) is 0 Å². The zero-order valence-corrected chi connectivity index (χ0v) is 12.6. The lowest BCUT2D eigenvalue weighted by Crippen LogP contribution is -2.10. The quantitative estimate of drug-likeness (QED) is 0.803. The number of nitrogen functional groups attached to an aromatic ring is 1. The number of rotatable bonds is 5. The van der Waals surface area contributed by atoms with E-state index >= 15 is 0 Å². The van der Waals surface area contributed by atoms with Crippen LogP contribution in [-0.4, -0.2) is 6.10 Å². The minimum Gasteiger partial charge on any atom is -0.491 e. The summed E-state index contributed by atoms with van der Waals surface area (Å²) in [6, 6.07) is 12.0. The van der Waals surface area contributed by atoms with E-state index in [0.29, 0.717) is 17.0 Å². The summed E-state index contributed by atoms with van der Waals surface area (Å²) in [5, 5.41) is 3.25. The van der Waals surface area contributed by atoms with E-state index in [4.69, 9.17) is 10.5 Å². The lowest BCUT2D eigenvalue weighted by atomic mass is 10.1. The third kappa shape index (κ3) is 4.12. The van der Waals surface area contributed by atoms with Gasteiger partial charge >= 0.3 is 0 Å². The first-order valence-corrected chi connectivity index (χ1v) is 7.04. The Morgan fingerprint density at radius 3 is 2.48 bits per heavy atom. The molecule has 0 spiro atoms. The summed E-state index contributed by atoms with van der Waals surface area (Å²) < 4.78 is 19.4. The number of halogens is 1. The van der Waals surface area contributed by atoms with Crippen molar-refractivity contribution in [3.05, 3.63) is 53.8 Å². The lowest BCUT2D eigenvalue weighted by Gasteiger charge is -2.18. The van der Waals surface area contributed by atoms with Crippen LogP contribution in [0.15, 0.2) is 42.5 Å². The molecule has 1 unspecified atom stereocenters. The Kier molecular flexibility index (Phi) is 4.68. The highest BCUT2D eigenvalue weighted by atomic mass is 19.1. The molecule has 0 fully saturated rings. The molecule has 2 aromatic rings. The molecule has 0 heterocycles. The monoisotopic (exact) mass is 288 g/mol. The van der Waals surface area contributed by atoms with Crippen LogP contribution in [0.1, 0.15) is 32.4 Å². The van der Waals surface area contributed by atoms with Gasteiger partial charge in [0.1, 0.15) is 11.6 Å². The highest BCUT2D eigenvalue weighted by Crippen LogP contribution is 2.27. The second-order valence-corrected chi connectivity index (χ2v) is 5.34. The van der Waals surface area contributed by atoms with Crippen molar-refractivity contribution in [2.75, 3.05) is 11.1 Å². The van der Waals surface area contributed by atoms with Crippen LogP contribution < -0.4 is 15.8 Å². The Balaban J connectivity index is 2.19. The van der Waals surface area contributed by atoms with Crippen molar-refractivity contribution in [2.45, 2.75) is 32.9 Å². The number of hydrogen-bond acceptors (Lipinski definition) is 3. The summed E-state index contributed by atoms with van der Waals surface area (Å²) in [6.45, 7) is 5.82. The van der Waals surface area contributed by atoms with Gasteiger partial charge in [0.05, 0.1) is 12.1 Å². The molecule has 0 aliphatic heterocycles. The van der Waals surface area contributed by atoms with Gasteiger partial charge in [-0.3, -0.25) is 0 Å². The normalized spacial score (nSPS) is 12.2. The Morgan fingerprint density at radius 2 is 1.81 bits per heavy atom. The molecular weight excluding hydrogens is 267 g/mol. The van der Waals surface area contributed by atoms with Crippen LogP contribution in [0.25, 0.3) is 0 Å². The summed E-state index contributed by atoms with van der Waals surface area (Å²) in [7, 11) is 0. The minimum atomic E-state index is -0.222. The summed E-state index contributed by atoms with van der Waals surface area (Å²) in [6.07, 6.45) is 0.0728. The number of anilines is 2. The summed E-state index contributed by atoms with van der Waals surface area (Å²) in [5.41, 5.74) is 7.92. The zero-order valence-electron chi connectivity index (χ0n) is 12.6. The number of hydrogen-bond donors (Lipinski definition) is 2. The van der Waals surface area contributed by atoms with E-state index in [9.17, 15) is 4.39 Å². The standard InChI is InChI=1S/C17H21FN2O/c1-11(2)21-15-9-13(19)8-14(10-15)20-12(3)16-6-4-5-7-17(16)18/h4-12,20H,19H2,1-3H3. The van der Waals surface area contributed by atoms with Crippen LogP contribution in [0.5, 0.6) is 5.75 Å². The van der Waals surface area contributed by atoms with E-state index in [1.807, 2.05) is 39.0 Å². The van der Waals surface area contributed by atoms with E-state index in [2.05, 4.69) is 5.32 Å². The van der Waals surface area contributed by atoms with Gasteiger partial charge < -0.3 is 15.8 Å². The Labute approximate surface area is 124 Å². The smallest absolute Gasteiger partial charge is 0.128 e. The predicted molar refractivity (Wildman–Crippen MR) is 85.1 cm³/mol. The molecule has 2 aromatic carbocycles. The molecule has 0 radical (unpaired) electrons. The maximum Gasteiger partial charge on any atom is 0.128 e. The van der Waals surface area contributed by atoms with Crippen molar-refractivity contribution >= 4 is 11.4 Å². The van der Waals surface area contributed by atoms with Gasteiger partial charge in [-0.2, -0.15) is 0 Å². The van der Waals surface area contributed by atoms with Crippen molar-refractivity contribution in [1.82, 2.24) is 0 Å². The Hall–Kier alpha value is -2.23. The average molecular weight is 288 g/mol. The maximum atomic E-state index is 13.8. The van der Waals surface area contributed by atoms with Gasteiger partial charge in [-0.05, 0) is 32.9 Å². The van der Waals surface area contributed by atoms with Crippen LogP contribution in [0, 0.1) is 5.82 Å². The van der Waals surface area contributed by atoms with Crippen LogP contribution in [0.3, 0.4) is 0 Å². The van der Waals surface area contributed by atoms with E-state index in [1.54, 1.807) is 18.2 Å². The molecular formula is C17H21FN2O. The maximum absolute atomic E-state index is 13.8. The molecule has 3 N–H and O–H groups in total. The molecule has 1 atom stereocenters. The van der Waals surface area contributed by atoms with Crippen molar-refractivity contribution in [3.63, 3.8) is 0 Å². The van der Waals surface area contributed by atoms with Crippen LogP contribution in [-0.2, 0) is 0 Å². The molecule has 2 rings (SSSR count). The molecule has 0 aliphatic carbocycles. The molecule has 0 bridgehead atoms. The van der Waals surface area contributed by atoms with Crippen molar-refractivity contribution < 1.29 is 9.13 Å². The second kappa shape index (κ2) is 6.48. The first-order chi connectivity index (χ1) is 9.95. The Morgan fingerprint density at radius 1 is 1.10 bits per heavy atom. The minimum absolute atomic E-state index is 0.0728. The number of nitrogens with two attached hydrogens (primary N) is 1. The highest BCUT2D eigenvalue weighted by molar-refractivity contribution is 5.60. The second-order valence-electron chi connectivity index (χ2n) is 5.34. The summed E-state index contributed by atoms with van der Waals surface area (Å²) in [5.74, 6) is 0.480. The molecule has 0 aliphatic rings. The fourth-order valence-electron chi connectivity index (χ4n) is 2.20. The summed E-state index contributed by atoms with van der Waals surface area (Å²) in [4.78, 5) is 0. The molecule has 0 saturated heterocycles. The Bertz CT molecular complexity index is 613. The van der Waals surface area contributed by atoms with Gasteiger partial charge in [0, 0.05) is 29.1 Å². The summed E-state index contributed by atoms with van der Waals surface area (Å²) >= 11 is 0. The third-order valence-corrected chi connectivity index (χ3v) is 3.06. The third-order valence-electron chi connectivity index (χ3n) is 3.06. The van der Waals surface area contributed by atoms with Crippen LogP contribution >= 0.6 is 0 Å². The van der Waals surface area contributed by atoms with Crippen molar-refractivity contribution in [1.29, 1.82) is 0 Å².